The molecule has 102 valence electrons. The van der Waals surface area contributed by atoms with Crippen molar-refractivity contribution < 1.29 is 9.47 Å². The lowest BCUT2D eigenvalue weighted by atomic mass is 9.97. The monoisotopic (exact) mass is 252 g/mol. The molecule has 1 aromatic rings. The smallest absolute Gasteiger partial charge is 0.127 e. The van der Waals surface area contributed by atoms with Crippen molar-refractivity contribution in [1.29, 1.82) is 0 Å². The molecule has 18 heavy (non-hydrogen) atoms. The Hall–Kier alpha value is -1.26. The molecule has 0 aliphatic rings. The largest absolute Gasteiger partial charge is 0.497 e. The number of hydrogen-bond acceptors (Lipinski definition) is 4. The van der Waals surface area contributed by atoms with E-state index in [0.717, 1.165) is 29.9 Å². The summed E-state index contributed by atoms with van der Waals surface area (Å²) in [4.78, 5) is 0. The van der Waals surface area contributed by atoms with E-state index in [1.165, 1.54) is 0 Å². The van der Waals surface area contributed by atoms with Gasteiger partial charge in [-0.15, -0.1) is 0 Å². The molecule has 0 spiro atoms. The zero-order valence-corrected chi connectivity index (χ0v) is 11.7. The van der Waals surface area contributed by atoms with Gasteiger partial charge in [0.1, 0.15) is 11.5 Å². The Morgan fingerprint density at radius 2 is 1.89 bits per heavy atom. The van der Waals surface area contributed by atoms with E-state index in [-0.39, 0.29) is 6.04 Å². The fourth-order valence-electron chi connectivity index (χ4n) is 1.93. The summed E-state index contributed by atoms with van der Waals surface area (Å²) in [7, 11) is 3.31. The van der Waals surface area contributed by atoms with Gasteiger partial charge in [0.2, 0.25) is 0 Å². The van der Waals surface area contributed by atoms with E-state index in [1.54, 1.807) is 14.2 Å². The lowest BCUT2D eigenvalue weighted by Gasteiger charge is -2.20. The Kier molecular flexibility index (Phi) is 5.95. The van der Waals surface area contributed by atoms with Crippen molar-refractivity contribution in [3.05, 3.63) is 23.8 Å². The first kappa shape index (κ1) is 14.8. The van der Waals surface area contributed by atoms with E-state index in [9.17, 15) is 0 Å². The highest BCUT2D eigenvalue weighted by Gasteiger charge is 2.15. The quantitative estimate of drug-likeness (QED) is 0.578. The van der Waals surface area contributed by atoms with Gasteiger partial charge in [-0.25, -0.2) is 0 Å². The van der Waals surface area contributed by atoms with Gasteiger partial charge >= 0.3 is 0 Å². The molecule has 0 saturated carbocycles. The van der Waals surface area contributed by atoms with Crippen LogP contribution in [0.5, 0.6) is 11.5 Å². The molecule has 0 radical (unpaired) electrons. The third-order valence-electron chi connectivity index (χ3n) is 3.05. The van der Waals surface area contributed by atoms with Gasteiger partial charge in [-0.1, -0.05) is 19.9 Å². The summed E-state index contributed by atoms with van der Waals surface area (Å²) in [6.07, 6.45) is 2.10. The first-order valence-electron chi connectivity index (χ1n) is 6.30. The summed E-state index contributed by atoms with van der Waals surface area (Å²) < 4.78 is 10.6. The van der Waals surface area contributed by atoms with Crippen molar-refractivity contribution in [2.45, 2.75) is 32.7 Å². The molecule has 1 aromatic carbocycles. The molecule has 3 N–H and O–H groups in total. The summed E-state index contributed by atoms with van der Waals surface area (Å²) in [6.45, 7) is 4.41. The Morgan fingerprint density at radius 1 is 1.17 bits per heavy atom. The molecule has 4 heteroatoms. The molecule has 0 aliphatic heterocycles. The summed E-state index contributed by atoms with van der Waals surface area (Å²) in [5, 5.41) is 0. The molecule has 1 unspecified atom stereocenters. The second-order valence-electron chi connectivity index (χ2n) is 4.80. The summed E-state index contributed by atoms with van der Waals surface area (Å²) in [5.41, 5.74) is 3.94. The molecule has 1 atom stereocenters. The van der Waals surface area contributed by atoms with Gasteiger partial charge in [-0.2, -0.15) is 0 Å². The van der Waals surface area contributed by atoms with Crippen LogP contribution >= 0.6 is 0 Å². The Labute approximate surface area is 109 Å². The fourth-order valence-corrected chi connectivity index (χ4v) is 1.93. The minimum Gasteiger partial charge on any atom is -0.497 e. The van der Waals surface area contributed by atoms with E-state index >= 15 is 0 Å². The number of ether oxygens (including phenoxy) is 2. The predicted molar refractivity (Wildman–Crippen MR) is 73.7 cm³/mol. The highest BCUT2D eigenvalue weighted by molar-refractivity contribution is 5.42. The number of rotatable bonds is 7. The van der Waals surface area contributed by atoms with Crippen LogP contribution in [0.15, 0.2) is 18.2 Å². The number of nitrogens with one attached hydrogen (secondary N) is 1. The third-order valence-corrected chi connectivity index (χ3v) is 3.05. The van der Waals surface area contributed by atoms with Gasteiger partial charge in [-0.05, 0) is 24.8 Å². The van der Waals surface area contributed by atoms with E-state index in [0.29, 0.717) is 5.92 Å². The van der Waals surface area contributed by atoms with E-state index < -0.39 is 0 Å². The molecule has 0 fully saturated rings. The maximum Gasteiger partial charge on any atom is 0.127 e. The predicted octanol–water partition coefficient (Wildman–Crippen LogP) is 2.64. The maximum atomic E-state index is 5.65. The van der Waals surface area contributed by atoms with Gasteiger partial charge in [0, 0.05) is 17.7 Å². The van der Waals surface area contributed by atoms with Crippen molar-refractivity contribution in [2.75, 3.05) is 14.2 Å². The molecule has 0 aliphatic carbocycles. The lowest BCUT2D eigenvalue weighted by Crippen LogP contribution is -2.28. The molecule has 0 bridgehead atoms. The second-order valence-corrected chi connectivity index (χ2v) is 4.80. The second kappa shape index (κ2) is 7.24. The summed E-state index contributed by atoms with van der Waals surface area (Å²) >= 11 is 0. The van der Waals surface area contributed by atoms with Gasteiger partial charge < -0.3 is 9.47 Å². The van der Waals surface area contributed by atoms with Crippen LogP contribution in [0.2, 0.25) is 0 Å². The van der Waals surface area contributed by atoms with Gasteiger partial charge in [-0.3, -0.25) is 11.3 Å². The molecular formula is C14H24N2O2. The molecule has 4 nitrogen and oxygen atoms in total. The average molecular weight is 252 g/mol. The average Bonchev–Trinajstić information content (AvgIpc) is 2.39. The van der Waals surface area contributed by atoms with E-state index in [2.05, 4.69) is 19.3 Å². The maximum absolute atomic E-state index is 5.65. The number of hydrazine groups is 1. The van der Waals surface area contributed by atoms with Crippen LogP contribution in [-0.2, 0) is 0 Å². The molecule has 0 heterocycles. The van der Waals surface area contributed by atoms with Crippen LogP contribution in [0, 0.1) is 5.92 Å². The minimum absolute atomic E-state index is 0.105. The zero-order chi connectivity index (χ0) is 13.5. The van der Waals surface area contributed by atoms with E-state index in [4.69, 9.17) is 15.3 Å². The normalized spacial score (nSPS) is 12.6. The molecule has 0 amide bonds. The number of benzene rings is 1. The Bertz CT molecular complexity index is 367. The van der Waals surface area contributed by atoms with Crippen LogP contribution in [0.4, 0.5) is 0 Å². The van der Waals surface area contributed by atoms with Crippen molar-refractivity contribution in [2.24, 2.45) is 11.8 Å². The van der Waals surface area contributed by atoms with E-state index in [1.807, 2.05) is 18.2 Å². The van der Waals surface area contributed by atoms with Crippen molar-refractivity contribution in [3.8, 4) is 11.5 Å². The molecule has 0 aromatic heterocycles. The lowest BCUT2D eigenvalue weighted by molar-refractivity contribution is 0.377. The standard InChI is InChI=1S/C14H24N2O2/c1-10(2)5-8-13(16-15)12-7-6-11(17-3)9-14(12)18-4/h6-7,9-10,13,16H,5,8,15H2,1-4H3. The number of methoxy groups -OCH3 is 2. The van der Waals surface area contributed by atoms with Crippen LogP contribution in [-0.4, -0.2) is 14.2 Å². The van der Waals surface area contributed by atoms with Crippen molar-refractivity contribution >= 4 is 0 Å². The van der Waals surface area contributed by atoms with Gasteiger partial charge in [0.15, 0.2) is 0 Å². The highest BCUT2D eigenvalue weighted by Crippen LogP contribution is 2.31. The zero-order valence-electron chi connectivity index (χ0n) is 11.7. The number of nitrogens with two attached hydrogens (primary N) is 1. The Balaban J connectivity index is 2.90. The van der Waals surface area contributed by atoms with Crippen molar-refractivity contribution in [1.82, 2.24) is 5.43 Å². The Morgan fingerprint density at radius 3 is 2.39 bits per heavy atom. The molecule has 1 rings (SSSR count). The van der Waals surface area contributed by atoms with Gasteiger partial charge in [0.05, 0.1) is 14.2 Å². The van der Waals surface area contributed by atoms with Crippen LogP contribution in [0.1, 0.15) is 38.3 Å². The topological polar surface area (TPSA) is 56.5 Å². The fraction of sp³-hybridized carbons (Fsp3) is 0.571. The minimum atomic E-state index is 0.105. The number of hydrogen-bond donors (Lipinski definition) is 2. The van der Waals surface area contributed by atoms with Crippen molar-refractivity contribution in [3.63, 3.8) is 0 Å². The molecule has 0 saturated heterocycles. The molecular weight excluding hydrogens is 228 g/mol. The summed E-state index contributed by atoms with van der Waals surface area (Å²) in [5.74, 6) is 7.90. The first-order chi connectivity index (χ1) is 8.62. The van der Waals surface area contributed by atoms with Crippen LogP contribution < -0.4 is 20.7 Å². The van der Waals surface area contributed by atoms with Crippen LogP contribution in [0.3, 0.4) is 0 Å². The third kappa shape index (κ3) is 3.89. The van der Waals surface area contributed by atoms with Crippen LogP contribution in [0.25, 0.3) is 0 Å². The SMILES string of the molecule is COc1ccc(C(CCC(C)C)NN)c(OC)c1. The van der Waals surface area contributed by atoms with Gasteiger partial charge in [0.25, 0.3) is 0 Å². The summed E-state index contributed by atoms with van der Waals surface area (Å²) in [6, 6.07) is 5.92. The first-order valence-corrected chi connectivity index (χ1v) is 6.30. The highest BCUT2D eigenvalue weighted by atomic mass is 16.5.